The summed E-state index contributed by atoms with van der Waals surface area (Å²) in [6, 6.07) is 18.7. The third kappa shape index (κ3) is 2.64. The molecule has 0 fully saturated rings. The molecule has 0 saturated heterocycles. The number of aromatic amines is 1. The zero-order chi connectivity index (χ0) is 11.5. The van der Waals surface area contributed by atoms with Gasteiger partial charge in [-0.05, 0) is 17.7 Å². The topological polar surface area (TPSA) is 44.1 Å². The van der Waals surface area contributed by atoms with E-state index in [0.717, 1.165) is 0 Å². The average molecular weight is 255 g/mol. The smallest absolute Gasteiger partial charge is 0.261 e. The highest BCUT2D eigenvalue weighted by atomic mass is 32.1. The first-order chi connectivity index (χ1) is 8.42. The third-order valence-corrected chi connectivity index (χ3v) is 3.63. The summed E-state index contributed by atoms with van der Waals surface area (Å²) in [7, 11) is 0. The van der Waals surface area contributed by atoms with Gasteiger partial charge in [0.1, 0.15) is 4.70 Å². The minimum absolute atomic E-state index is 0. The predicted octanol–water partition coefficient (Wildman–Crippen LogP) is 3.71. The lowest BCUT2D eigenvalue weighted by molar-refractivity contribution is -0.340. The summed E-state index contributed by atoms with van der Waals surface area (Å²) in [5.74, 6) is 0. The third-order valence-electron chi connectivity index (χ3n) is 2.59. The fraction of sp³-hybridized carbons (Fsp3) is 0. The lowest BCUT2D eigenvalue weighted by Crippen LogP contribution is -1.99. The van der Waals surface area contributed by atoms with Crippen LogP contribution in [0.3, 0.4) is 0 Å². The van der Waals surface area contributed by atoms with Gasteiger partial charge < -0.3 is 5.48 Å². The second kappa shape index (κ2) is 5.58. The Labute approximate surface area is 110 Å². The van der Waals surface area contributed by atoms with Gasteiger partial charge in [-0.3, -0.25) is 0 Å². The summed E-state index contributed by atoms with van der Waals surface area (Å²) < 4.78 is 1.29. The number of rotatable bonds is 2. The number of fused-ring (bicyclic) bond motifs is 1. The number of para-hydroxylation sites is 1. The van der Waals surface area contributed by atoms with Gasteiger partial charge in [0.05, 0.1) is 0 Å². The summed E-state index contributed by atoms with van der Waals surface area (Å²) >= 11 is 1.77. The Hall–Kier alpha value is -1.97. The van der Waals surface area contributed by atoms with Crippen LogP contribution in [0.2, 0.25) is 0 Å². The lowest BCUT2D eigenvalue weighted by atomic mass is 10.2. The van der Waals surface area contributed by atoms with E-state index in [2.05, 4.69) is 53.5 Å². The van der Waals surface area contributed by atoms with Crippen molar-refractivity contribution in [3.05, 3.63) is 65.2 Å². The highest BCUT2D eigenvalue weighted by Gasteiger charge is 2.06. The van der Waals surface area contributed by atoms with Crippen molar-refractivity contribution in [3.8, 4) is 0 Å². The zero-order valence-corrected chi connectivity index (χ0v) is 10.5. The van der Waals surface area contributed by atoms with Crippen molar-refractivity contribution >= 4 is 33.7 Å². The van der Waals surface area contributed by atoms with Gasteiger partial charge in [0, 0.05) is 12.1 Å². The van der Waals surface area contributed by atoms with Crippen LogP contribution in [-0.4, -0.2) is 5.48 Å². The number of hydrogen-bond acceptors (Lipinski definition) is 2. The van der Waals surface area contributed by atoms with Crippen LogP contribution in [0, 0.1) is 0 Å². The molecule has 0 amide bonds. The molecule has 0 radical (unpaired) electrons. The van der Waals surface area contributed by atoms with Crippen molar-refractivity contribution in [2.75, 3.05) is 0 Å². The molecule has 2 aromatic carbocycles. The molecule has 0 bridgehead atoms. The van der Waals surface area contributed by atoms with Crippen LogP contribution in [0.1, 0.15) is 10.6 Å². The minimum Gasteiger partial charge on any atom is -0.870 e. The monoisotopic (exact) mass is 255 g/mol. The standard InChI is InChI=1S/C15H11NS.H2O/c1-2-6-12(7-3-1)10-11-15-16-13-8-4-5-9-14(13)17-15;/h1-11H;1H2. The number of aromatic nitrogens is 1. The molecule has 1 heterocycles. The van der Waals surface area contributed by atoms with E-state index in [0.29, 0.717) is 0 Å². The minimum atomic E-state index is 0. The molecule has 0 atom stereocenters. The first kappa shape index (κ1) is 12.5. The summed E-state index contributed by atoms with van der Waals surface area (Å²) in [5.41, 5.74) is 2.42. The van der Waals surface area contributed by atoms with Crippen LogP contribution in [0.5, 0.6) is 0 Å². The van der Waals surface area contributed by atoms with E-state index in [1.165, 1.54) is 20.8 Å². The second-order valence-electron chi connectivity index (χ2n) is 3.83. The molecule has 18 heavy (non-hydrogen) atoms. The SMILES string of the molecule is C(=Cc1[nH+]c2ccccc2s1)c1ccccc1.[OH-]. The predicted molar refractivity (Wildman–Crippen MR) is 75.7 cm³/mol. The Morgan fingerprint density at radius 2 is 1.56 bits per heavy atom. The number of thiazole rings is 1. The van der Waals surface area contributed by atoms with E-state index in [4.69, 9.17) is 0 Å². The molecule has 90 valence electrons. The van der Waals surface area contributed by atoms with Crippen LogP contribution in [-0.2, 0) is 0 Å². The van der Waals surface area contributed by atoms with Crippen molar-refractivity contribution < 1.29 is 10.5 Å². The quantitative estimate of drug-likeness (QED) is 0.688. The molecule has 0 saturated carbocycles. The molecule has 3 aromatic rings. The average Bonchev–Trinajstić information content (AvgIpc) is 2.80. The van der Waals surface area contributed by atoms with Gasteiger partial charge in [0.2, 0.25) is 5.52 Å². The normalized spacial score (nSPS) is 10.7. The van der Waals surface area contributed by atoms with E-state index < -0.39 is 0 Å². The molecular weight excluding hydrogens is 242 g/mol. The Kier molecular flexibility index (Phi) is 3.87. The van der Waals surface area contributed by atoms with Gasteiger partial charge in [-0.1, -0.05) is 53.8 Å². The summed E-state index contributed by atoms with van der Waals surface area (Å²) in [4.78, 5) is 3.40. The number of H-pyrrole nitrogens is 1. The van der Waals surface area contributed by atoms with Crippen LogP contribution in [0.15, 0.2) is 54.6 Å². The molecule has 0 aliphatic rings. The Morgan fingerprint density at radius 1 is 0.833 bits per heavy atom. The van der Waals surface area contributed by atoms with Crippen LogP contribution >= 0.6 is 11.3 Å². The molecule has 0 spiro atoms. The van der Waals surface area contributed by atoms with Crippen molar-refractivity contribution in [1.29, 1.82) is 0 Å². The molecule has 0 unspecified atom stereocenters. The molecule has 1 aromatic heterocycles. The number of benzene rings is 2. The van der Waals surface area contributed by atoms with Crippen molar-refractivity contribution in [2.24, 2.45) is 0 Å². The first-order valence-corrected chi connectivity index (χ1v) is 6.37. The van der Waals surface area contributed by atoms with Gasteiger partial charge in [-0.25, -0.2) is 0 Å². The zero-order valence-electron chi connectivity index (χ0n) is 9.71. The Balaban J connectivity index is 0.00000120. The molecule has 3 rings (SSSR count). The maximum Gasteiger partial charge on any atom is 0.261 e. The molecular formula is C15H13NOS. The van der Waals surface area contributed by atoms with E-state index >= 15 is 0 Å². The van der Waals surface area contributed by atoms with E-state index in [9.17, 15) is 0 Å². The maximum atomic E-state index is 3.40. The van der Waals surface area contributed by atoms with Crippen LogP contribution < -0.4 is 4.98 Å². The lowest BCUT2D eigenvalue weighted by Gasteiger charge is -1.87. The van der Waals surface area contributed by atoms with Crippen molar-refractivity contribution in [1.82, 2.24) is 0 Å². The van der Waals surface area contributed by atoms with Crippen molar-refractivity contribution in [3.63, 3.8) is 0 Å². The summed E-state index contributed by atoms with van der Waals surface area (Å²) in [6.45, 7) is 0. The molecule has 2 N–H and O–H groups in total. The van der Waals surface area contributed by atoms with E-state index in [-0.39, 0.29) is 5.48 Å². The van der Waals surface area contributed by atoms with Gasteiger partial charge in [-0.2, -0.15) is 4.98 Å². The summed E-state index contributed by atoms with van der Waals surface area (Å²) in [5, 5.41) is 1.18. The van der Waals surface area contributed by atoms with Gasteiger partial charge >= 0.3 is 0 Å². The summed E-state index contributed by atoms with van der Waals surface area (Å²) in [6.07, 6.45) is 4.25. The number of nitrogens with one attached hydrogen (secondary N) is 1. The number of hydrogen-bond donors (Lipinski definition) is 0. The Bertz CT molecular complexity index is 625. The molecule has 3 heteroatoms. The van der Waals surface area contributed by atoms with Crippen LogP contribution in [0.4, 0.5) is 0 Å². The largest absolute Gasteiger partial charge is 0.870 e. The Morgan fingerprint density at radius 3 is 2.33 bits per heavy atom. The highest BCUT2D eigenvalue weighted by Crippen LogP contribution is 2.19. The maximum absolute atomic E-state index is 3.40. The van der Waals surface area contributed by atoms with Crippen molar-refractivity contribution in [2.45, 2.75) is 0 Å². The second-order valence-corrected chi connectivity index (χ2v) is 4.92. The molecule has 0 aliphatic heterocycles. The highest BCUT2D eigenvalue weighted by molar-refractivity contribution is 7.18. The van der Waals surface area contributed by atoms with Gasteiger partial charge in [-0.15, -0.1) is 0 Å². The fourth-order valence-corrected chi connectivity index (χ4v) is 2.66. The fourth-order valence-electron chi connectivity index (χ4n) is 1.75. The first-order valence-electron chi connectivity index (χ1n) is 5.56. The molecule has 0 aliphatic carbocycles. The molecule has 2 nitrogen and oxygen atoms in total. The van der Waals surface area contributed by atoms with Gasteiger partial charge in [0.25, 0.3) is 5.01 Å². The van der Waals surface area contributed by atoms with E-state index in [1.54, 1.807) is 11.3 Å². The van der Waals surface area contributed by atoms with Gasteiger partial charge in [0.15, 0.2) is 0 Å². The van der Waals surface area contributed by atoms with E-state index in [1.807, 2.05) is 18.2 Å². The van der Waals surface area contributed by atoms with Crippen LogP contribution in [0.25, 0.3) is 22.4 Å².